The van der Waals surface area contributed by atoms with Crippen LogP contribution in [0.1, 0.15) is 12.8 Å². The van der Waals surface area contributed by atoms with Crippen molar-refractivity contribution in [3.8, 4) is 22.4 Å². The summed E-state index contributed by atoms with van der Waals surface area (Å²) in [5.74, 6) is 0.507. The minimum absolute atomic E-state index is 0.192. The Labute approximate surface area is 163 Å². The highest BCUT2D eigenvalue weighted by molar-refractivity contribution is 6.07. The molecule has 140 valence electrons. The first-order valence-electron chi connectivity index (χ1n) is 9.68. The van der Waals surface area contributed by atoms with Crippen molar-refractivity contribution in [3.05, 3.63) is 67.0 Å². The SMILES string of the molecule is Nc1ncnc2c1c(-c1ccccc1)c(-c1ccccc1)n2C[C@@H]1CCCO1. The van der Waals surface area contributed by atoms with Gasteiger partial charge in [0.15, 0.2) is 0 Å². The van der Waals surface area contributed by atoms with Crippen molar-refractivity contribution in [1.29, 1.82) is 0 Å². The molecule has 5 rings (SSSR count). The molecule has 1 fully saturated rings. The monoisotopic (exact) mass is 370 g/mol. The first kappa shape index (κ1) is 17.0. The van der Waals surface area contributed by atoms with Crippen LogP contribution in [-0.4, -0.2) is 27.2 Å². The lowest BCUT2D eigenvalue weighted by Gasteiger charge is -2.16. The van der Waals surface area contributed by atoms with Crippen LogP contribution in [0.15, 0.2) is 67.0 Å². The molecular weight excluding hydrogens is 348 g/mol. The van der Waals surface area contributed by atoms with Gasteiger partial charge in [-0.3, -0.25) is 0 Å². The lowest BCUT2D eigenvalue weighted by molar-refractivity contribution is 0.0982. The number of hydrogen-bond donors (Lipinski definition) is 1. The normalized spacial score (nSPS) is 16.6. The second kappa shape index (κ2) is 7.09. The molecule has 0 saturated carbocycles. The average Bonchev–Trinajstić information content (AvgIpc) is 3.37. The summed E-state index contributed by atoms with van der Waals surface area (Å²) in [6, 6.07) is 20.8. The second-order valence-electron chi connectivity index (χ2n) is 7.16. The van der Waals surface area contributed by atoms with Crippen molar-refractivity contribution in [1.82, 2.24) is 14.5 Å². The van der Waals surface area contributed by atoms with E-state index < -0.39 is 0 Å². The summed E-state index contributed by atoms with van der Waals surface area (Å²) in [7, 11) is 0. The number of fused-ring (bicyclic) bond motifs is 1. The van der Waals surface area contributed by atoms with E-state index in [0.717, 1.165) is 59.4 Å². The molecule has 28 heavy (non-hydrogen) atoms. The number of nitrogens with two attached hydrogens (primary N) is 1. The number of nitrogens with zero attached hydrogens (tertiary/aromatic N) is 3. The first-order valence-corrected chi connectivity index (χ1v) is 9.68. The molecule has 1 aliphatic heterocycles. The number of hydrogen-bond acceptors (Lipinski definition) is 4. The molecule has 0 aliphatic carbocycles. The van der Waals surface area contributed by atoms with Crippen molar-refractivity contribution in [2.45, 2.75) is 25.5 Å². The lowest BCUT2D eigenvalue weighted by atomic mass is 9.99. The maximum atomic E-state index is 6.37. The summed E-state index contributed by atoms with van der Waals surface area (Å²) >= 11 is 0. The summed E-state index contributed by atoms with van der Waals surface area (Å²) in [4.78, 5) is 8.93. The van der Waals surface area contributed by atoms with Gasteiger partial charge in [0, 0.05) is 12.2 Å². The van der Waals surface area contributed by atoms with Crippen LogP contribution >= 0.6 is 0 Å². The summed E-state index contributed by atoms with van der Waals surface area (Å²) in [6.07, 6.45) is 3.91. The largest absolute Gasteiger partial charge is 0.383 e. The van der Waals surface area contributed by atoms with Gasteiger partial charge in [0.25, 0.3) is 0 Å². The molecule has 3 heterocycles. The van der Waals surface area contributed by atoms with E-state index in [1.54, 1.807) is 6.33 Å². The smallest absolute Gasteiger partial charge is 0.146 e. The molecular formula is C23H22N4O. The highest BCUT2D eigenvalue weighted by atomic mass is 16.5. The minimum atomic E-state index is 0.192. The molecule has 1 aliphatic rings. The van der Waals surface area contributed by atoms with Crippen LogP contribution in [0, 0.1) is 0 Å². The van der Waals surface area contributed by atoms with E-state index in [1.807, 2.05) is 24.3 Å². The quantitative estimate of drug-likeness (QED) is 0.573. The summed E-state index contributed by atoms with van der Waals surface area (Å²) in [5, 5.41) is 0.908. The molecule has 2 aromatic heterocycles. The summed E-state index contributed by atoms with van der Waals surface area (Å²) < 4.78 is 8.21. The Hall–Kier alpha value is -3.18. The van der Waals surface area contributed by atoms with Gasteiger partial charge in [-0.2, -0.15) is 0 Å². The van der Waals surface area contributed by atoms with Gasteiger partial charge in [-0.05, 0) is 24.0 Å². The van der Waals surface area contributed by atoms with Crippen LogP contribution in [0.25, 0.3) is 33.4 Å². The molecule has 0 radical (unpaired) electrons. The molecule has 1 saturated heterocycles. The van der Waals surface area contributed by atoms with Crippen LogP contribution in [0.4, 0.5) is 5.82 Å². The van der Waals surface area contributed by atoms with Crippen LogP contribution in [0.5, 0.6) is 0 Å². The molecule has 4 aromatic rings. The number of anilines is 1. The van der Waals surface area contributed by atoms with Gasteiger partial charge in [-0.15, -0.1) is 0 Å². The zero-order valence-electron chi connectivity index (χ0n) is 15.6. The molecule has 0 spiro atoms. The number of rotatable bonds is 4. The van der Waals surface area contributed by atoms with Crippen LogP contribution in [0.3, 0.4) is 0 Å². The standard InChI is InChI=1S/C23H22N4O/c24-22-20-19(16-8-3-1-4-9-16)21(17-10-5-2-6-11-17)27(23(20)26-15-25-22)14-18-12-7-13-28-18/h1-6,8-11,15,18H,7,12-14H2,(H2,24,25,26)/t18-/m0/s1. The van der Waals surface area contributed by atoms with Crippen LogP contribution in [-0.2, 0) is 11.3 Å². The Bertz CT molecular complexity index is 1100. The van der Waals surface area contributed by atoms with Crippen molar-refractivity contribution in [3.63, 3.8) is 0 Å². The number of ether oxygens (including phenoxy) is 1. The Morgan fingerprint density at radius 1 is 0.964 bits per heavy atom. The van der Waals surface area contributed by atoms with Crippen LogP contribution in [0.2, 0.25) is 0 Å². The first-order chi connectivity index (χ1) is 13.8. The van der Waals surface area contributed by atoms with Gasteiger partial charge in [0.1, 0.15) is 17.8 Å². The fourth-order valence-corrected chi connectivity index (χ4v) is 4.14. The lowest BCUT2D eigenvalue weighted by Crippen LogP contribution is -2.16. The maximum absolute atomic E-state index is 6.37. The fraction of sp³-hybridized carbons (Fsp3) is 0.217. The molecule has 2 aromatic carbocycles. The zero-order chi connectivity index (χ0) is 18.9. The fourth-order valence-electron chi connectivity index (χ4n) is 4.14. The van der Waals surface area contributed by atoms with Crippen molar-refractivity contribution < 1.29 is 4.74 Å². The topological polar surface area (TPSA) is 66.0 Å². The molecule has 2 N–H and O–H groups in total. The highest BCUT2D eigenvalue weighted by Gasteiger charge is 2.26. The Morgan fingerprint density at radius 2 is 1.68 bits per heavy atom. The van der Waals surface area contributed by atoms with Crippen molar-refractivity contribution >= 4 is 16.9 Å². The Balaban J connectivity index is 1.85. The third kappa shape index (κ3) is 2.84. The van der Waals surface area contributed by atoms with E-state index in [0.29, 0.717) is 5.82 Å². The Morgan fingerprint density at radius 3 is 2.36 bits per heavy atom. The van der Waals surface area contributed by atoms with E-state index in [-0.39, 0.29) is 6.10 Å². The molecule has 1 atom stereocenters. The van der Waals surface area contributed by atoms with Crippen molar-refractivity contribution in [2.75, 3.05) is 12.3 Å². The zero-order valence-corrected chi connectivity index (χ0v) is 15.6. The third-order valence-corrected chi connectivity index (χ3v) is 5.39. The Kier molecular flexibility index (Phi) is 4.29. The predicted octanol–water partition coefficient (Wildman–Crippen LogP) is 4.53. The van der Waals surface area contributed by atoms with Gasteiger partial charge in [0.2, 0.25) is 0 Å². The minimum Gasteiger partial charge on any atom is -0.383 e. The van der Waals surface area contributed by atoms with Gasteiger partial charge in [0.05, 0.1) is 23.7 Å². The number of nitrogen functional groups attached to an aromatic ring is 1. The van der Waals surface area contributed by atoms with Gasteiger partial charge < -0.3 is 15.0 Å². The molecule has 0 bridgehead atoms. The molecule has 5 heteroatoms. The number of aromatic nitrogens is 3. The van der Waals surface area contributed by atoms with E-state index in [1.165, 1.54) is 0 Å². The van der Waals surface area contributed by atoms with Crippen LogP contribution < -0.4 is 5.73 Å². The summed E-state index contributed by atoms with van der Waals surface area (Å²) in [5.41, 5.74) is 11.7. The maximum Gasteiger partial charge on any atom is 0.146 e. The molecule has 0 unspecified atom stereocenters. The van der Waals surface area contributed by atoms with Gasteiger partial charge >= 0.3 is 0 Å². The average molecular weight is 370 g/mol. The highest BCUT2D eigenvalue weighted by Crippen LogP contribution is 2.42. The molecule has 5 nitrogen and oxygen atoms in total. The third-order valence-electron chi connectivity index (χ3n) is 5.39. The second-order valence-corrected chi connectivity index (χ2v) is 7.16. The van der Waals surface area contributed by atoms with Gasteiger partial charge in [-0.25, -0.2) is 9.97 Å². The summed E-state index contributed by atoms with van der Waals surface area (Å²) in [6.45, 7) is 1.58. The van der Waals surface area contributed by atoms with E-state index in [2.05, 4.69) is 50.9 Å². The number of benzene rings is 2. The van der Waals surface area contributed by atoms with E-state index in [9.17, 15) is 0 Å². The van der Waals surface area contributed by atoms with E-state index >= 15 is 0 Å². The van der Waals surface area contributed by atoms with Crippen molar-refractivity contribution in [2.24, 2.45) is 0 Å². The molecule has 0 amide bonds. The predicted molar refractivity (Wildman–Crippen MR) is 112 cm³/mol. The van der Waals surface area contributed by atoms with Gasteiger partial charge in [-0.1, -0.05) is 60.7 Å². The van der Waals surface area contributed by atoms with E-state index in [4.69, 9.17) is 10.5 Å².